The van der Waals surface area contributed by atoms with E-state index in [9.17, 15) is 0 Å². The number of benzene rings is 1. The third-order valence-electron chi connectivity index (χ3n) is 3.40. The Kier molecular flexibility index (Phi) is 7.90. The largest absolute Gasteiger partial charge is 0.502 e. The Balaban J connectivity index is 3.09. The molecule has 132 valence electrons. The van der Waals surface area contributed by atoms with Crippen molar-refractivity contribution in [3.63, 3.8) is 0 Å². The van der Waals surface area contributed by atoms with Gasteiger partial charge in [-0.1, -0.05) is 30.3 Å². The van der Waals surface area contributed by atoms with E-state index in [1.165, 1.54) is 0 Å². The predicted octanol–water partition coefficient (Wildman–Crippen LogP) is 4.08. The van der Waals surface area contributed by atoms with Crippen LogP contribution in [0.15, 0.2) is 30.3 Å². The smallest absolute Gasteiger partial charge is 0.371 e. The van der Waals surface area contributed by atoms with Crippen LogP contribution in [0, 0.1) is 0 Å². The molecule has 1 rings (SSSR count). The lowest BCUT2D eigenvalue weighted by Gasteiger charge is -2.39. The maximum Gasteiger partial charge on any atom is 0.502 e. The van der Waals surface area contributed by atoms with E-state index in [1.54, 1.807) is 0 Å². The minimum absolute atomic E-state index is 0.0461. The average molecular weight is 340 g/mol. The molecule has 1 aromatic rings. The Hall–Kier alpha value is -0.723. The van der Waals surface area contributed by atoms with Crippen molar-refractivity contribution in [2.45, 2.75) is 71.8 Å². The maximum absolute atomic E-state index is 6.57. The zero-order valence-corrected chi connectivity index (χ0v) is 16.5. The highest BCUT2D eigenvalue weighted by atomic mass is 28.4. The zero-order valence-electron chi connectivity index (χ0n) is 15.5. The van der Waals surface area contributed by atoms with E-state index in [1.807, 2.05) is 45.9 Å². The second-order valence-corrected chi connectivity index (χ2v) is 9.43. The molecule has 0 aliphatic carbocycles. The van der Waals surface area contributed by atoms with Crippen LogP contribution in [0.2, 0.25) is 6.04 Å². The van der Waals surface area contributed by atoms with Crippen molar-refractivity contribution < 1.29 is 13.3 Å². The minimum Gasteiger partial charge on any atom is -0.371 e. The Morgan fingerprint density at radius 3 is 1.96 bits per heavy atom. The van der Waals surface area contributed by atoms with Gasteiger partial charge in [-0.25, -0.2) is 0 Å². The Bertz CT molecular complexity index is 439. The number of hydrogen-bond acceptors (Lipinski definition) is 4. The molecule has 0 aliphatic heterocycles. The first kappa shape index (κ1) is 20.3. The van der Waals surface area contributed by atoms with E-state index < -0.39 is 14.4 Å². The molecule has 0 unspecified atom stereocenters. The SMILES string of the molecule is CC(C)O[Si](CCCN)(OC(C)C)OC(C)(C)c1ccccc1. The summed E-state index contributed by atoms with van der Waals surface area (Å²) < 4.78 is 19.1. The first-order valence-corrected chi connectivity index (χ1v) is 10.5. The molecule has 5 heteroatoms. The maximum atomic E-state index is 6.57. The van der Waals surface area contributed by atoms with Crippen molar-refractivity contribution in [1.29, 1.82) is 0 Å². The van der Waals surface area contributed by atoms with Gasteiger partial charge >= 0.3 is 8.80 Å². The van der Waals surface area contributed by atoms with Crippen LogP contribution in [0.3, 0.4) is 0 Å². The lowest BCUT2D eigenvalue weighted by molar-refractivity contribution is -0.0398. The van der Waals surface area contributed by atoms with Crippen LogP contribution in [0.4, 0.5) is 0 Å². The topological polar surface area (TPSA) is 53.7 Å². The van der Waals surface area contributed by atoms with Crippen LogP contribution < -0.4 is 5.73 Å². The molecular formula is C18H33NO3Si. The Morgan fingerprint density at radius 2 is 1.52 bits per heavy atom. The van der Waals surface area contributed by atoms with Crippen LogP contribution in [-0.4, -0.2) is 27.6 Å². The highest BCUT2D eigenvalue weighted by Crippen LogP contribution is 2.33. The standard InChI is InChI=1S/C18H33NO3Si/c1-15(2)20-23(14-10-13-19,21-16(3)4)22-18(5,6)17-11-8-7-9-12-17/h7-9,11-12,15-16H,10,13-14,19H2,1-6H3. The molecule has 2 N–H and O–H groups in total. The fourth-order valence-electron chi connectivity index (χ4n) is 2.57. The molecule has 0 amide bonds. The van der Waals surface area contributed by atoms with Crippen molar-refractivity contribution in [1.82, 2.24) is 0 Å². The molecular weight excluding hydrogens is 306 g/mol. The van der Waals surface area contributed by atoms with Gasteiger partial charge in [0.25, 0.3) is 0 Å². The van der Waals surface area contributed by atoms with Gasteiger partial charge < -0.3 is 19.0 Å². The Labute approximate surface area is 142 Å². The first-order chi connectivity index (χ1) is 10.7. The predicted molar refractivity (Wildman–Crippen MR) is 97.2 cm³/mol. The summed E-state index contributed by atoms with van der Waals surface area (Å²) in [5.41, 5.74) is 6.36. The van der Waals surface area contributed by atoms with Crippen molar-refractivity contribution in [2.75, 3.05) is 6.54 Å². The monoisotopic (exact) mass is 339 g/mol. The van der Waals surface area contributed by atoms with Gasteiger partial charge in [-0.05, 0) is 60.1 Å². The molecule has 0 radical (unpaired) electrons. The van der Waals surface area contributed by atoms with Crippen molar-refractivity contribution in [2.24, 2.45) is 5.73 Å². The third kappa shape index (κ3) is 6.73. The van der Waals surface area contributed by atoms with Gasteiger partial charge in [-0.2, -0.15) is 0 Å². The minimum atomic E-state index is -2.84. The molecule has 0 aromatic heterocycles. The van der Waals surface area contributed by atoms with Crippen LogP contribution in [0.25, 0.3) is 0 Å². The highest BCUT2D eigenvalue weighted by molar-refractivity contribution is 6.60. The summed E-state index contributed by atoms with van der Waals surface area (Å²) in [5, 5.41) is 0. The third-order valence-corrected chi connectivity index (χ3v) is 6.85. The summed E-state index contributed by atoms with van der Waals surface area (Å²) in [5.74, 6) is 0. The summed E-state index contributed by atoms with van der Waals surface area (Å²) in [6.45, 7) is 12.8. The quantitative estimate of drug-likeness (QED) is 0.653. The molecule has 0 bridgehead atoms. The molecule has 1 aromatic carbocycles. The summed E-state index contributed by atoms with van der Waals surface area (Å²) in [6.07, 6.45) is 0.922. The molecule has 0 spiro atoms. The van der Waals surface area contributed by atoms with Gasteiger partial charge in [-0.15, -0.1) is 0 Å². The molecule has 4 nitrogen and oxygen atoms in total. The highest BCUT2D eigenvalue weighted by Gasteiger charge is 2.47. The fourth-order valence-corrected chi connectivity index (χ4v) is 6.03. The van der Waals surface area contributed by atoms with Gasteiger partial charge in [0.15, 0.2) is 0 Å². The van der Waals surface area contributed by atoms with E-state index in [2.05, 4.69) is 26.0 Å². The summed E-state index contributed by atoms with van der Waals surface area (Å²) in [7, 11) is -2.84. The van der Waals surface area contributed by atoms with E-state index >= 15 is 0 Å². The number of hydrogen-bond donors (Lipinski definition) is 1. The second-order valence-electron chi connectivity index (χ2n) is 6.89. The van der Waals surface area contributed by atoms with E-state index in [0.29, 0.717) is 6.54 Å². The average Bonchev–Trinajstić information content (AvgIpc) is 2.44. The molecule has 0 saturated carbocycles. The van der Waals surface area contributed by atoms with Gasteiger partial charge in [0.2, 0.25) is 0 Å². The summed E-state index contributed by atoms with van der Waals surface area (Å²) in [6, 6.07) is 10.9. The number of rotatable bonds is 10. The van der Waals surface area contributed by atoms with Crippen molar-refractivity contribution >= 4 is 8.80 Å². The second kappa shape index (κ2) is 8.94. The van der Waals surface area contributed by atoms with Crippen LogP contribution in [0.1, 0.15) is 53.5 Å². The van der Waals surface area contributed by atoms with E-state index in [-0.39, 0.29) is 12.2 Å². The fraction of sp³-hybridized carbons (Fsp3) is 0.667. The van der Waals surface area contributed by atoms with Gasteiger partial charge in [0.1, 0.15) is 0 Å². The van der Waals surface area contributed by atoms with Crippen molar-refractivity contribution in [3.05, 3.63) is 35.9 Å². The lowest BCUT2D eigenvalue weighted by Crippen LogP contribution is -2.53. The van der Waals surface area contributed by atoms with E-state index in [0.717, 1.165) is 18.0 Å². The molecule has 0 fully saturated rings. The van der Waals surface area contributed by atoms with Gasteiger partial charge in [0.05, 0.1) is 5.60 Å². The van der Waals surface area contributed by atoms with Crippen molar-refractivity contribution in [3.8, 4) is 0 Å². The summed E-state index contributed by atoms with van der Waals surface area (Å²) >= 11 is 0. The van der Waals surface area contributed by atoms with Crippen LogP contribution in [0.5, 0.6) is 0 Å². The Morgan fingerprint density at radius 1 is 1.00 bits per heavy atom. The van der Waals surface area contributed by atoms with Gasteiger partial charge in [-0.3, -0.25) is 0 Å². The van der Waals surface area contributed by atoms with E-state index in [4.69, 9.17) is 19.0 Å². The van der Waals surface area contributed by atoms with Gasteiger partial charge in [0, 0.05) is 18.3 Å². The first-order valence-electron chi connectivity index (χ1n) is 8.52. The normalized spacial score (nSPS) is 13.1. The summed E-state index contributed by atoms with van der Waals surface area (Å²) in [4.78, 5) is 0. The van der Waals surface area contributed by atoms with Crippen LogP contribution >= 0.6 is 0 Å². The number of nitrogens with two attached hydrogens (primary N) is 1. The molecule has 23 heavy (non-hydrogen) atoms. The molecule has 0 saturated heterocycles. The zero-order chi connectivity index (χ0) is 17.5. The molecule has 0 aliphatic rings. The lowest BCUT2D eigenvalue weighted by atomic mass is 9.99. The molecule has 0 heterocycles. The van der Waals surface area contributed by atoms with Crippen LogP contribution in [-0.2, 0) is 18.9 Å². The molecule has 0 atom stereocenters.